The van der Waals surface area contributed by atoms with Crippen LogP contribution < -0.4 is 15.5 Å². The summed E-state index contributed by atoms with van der Waals surface area (Å²) in [4.78, 5) is 14.3. The minimum Gasteiger partial charge on any atom is -0.369 e. The zero-order valence-corrected chi connectivity index (χ0v) is 14.6. The van der Waals surface area contributed by atoms with Gasteiger partial charge >= 0.3 is 6.03 Å². The van der Waals surface area contributed by atoms with Crippen LogP contribution >= 0.6 is 11.6 Å². The van der Waals surface area contributed by atoms with E-state index in [2.05, 4.69) is 20.7 Å². The van der Waals surface area contributed by atoms with E-state index in [1.165, 1.54) is 0 Å². The second-order valence-electron chi connectivity index (χ2n) is 6.04. The van der Waals surface area contributed by atoms with Gasteiger partial charge in [0.15, 0.2) is 0 Å². The fourth-order valence-electron chi connectivity index (χ4n) is 2.94. The van der Waals surface area contributed by atoms with Crippen molar-refractivity contribution in [1.29, 1.82) is 0 Å². The molecule has 7 heteroatoms. The van der Waals surface area contributed by atoms with Crippen molar-refractivity contribution in [2.24, 2.45) is 0 Å². The maximum Gasteiger partial charge on any atom is 0.315 e. The first-order valence-corrected chi connectivity index (χ1v) is 8.37. The molecule has 3 rings (SSSR count). The van der Waals surface area contributed by atoms with Crippen LogP contribution in [0.4, 0.5) is 10.5 Å². The topological polar surface area (TPSA) is 70.4 Å². The largest absolute Gasteiger partial charge is 0.369 e. The van der Waals surface area contributed by atoms with E-state index in [1.54, 1.807) is 0 Å². The molecule has 0 spiro atoms. The summed E-state index contributed by atoms with van der Waals surface area (Å²) in [5, 5.41) is 10.5. The number of benzene rings is 1. The molecular weight excluding hydrogens is 328 g/mol. The van der Waals surface area contributed by atoms with Gasteiger partial charge in [0.2, 0.25) is 0 Å². The molecule has 0 aliphatic carbocycles. The summed E-state index contributed by atoms with van der Waals surface area (Å²) < 4.78 is 5.09. The van der Waals surface area contributed by atoms with Crippen LogP contribution in [0.25, 0.3) is 0 Å². The molecule has 1 fully saturated rings. The van der Waals surface area contributed by atoms with E-state index < -0.39 is 0 Å². The number of amides is 2. The summed E-state index contributed by atoms with van der Waals surface area (Å²) in [6.07, 6.45) is 0.908. The van der Waals surface area contributed by atoms with E-state index in [9.17, 15) is 4.79 Å². The monoisotopic (exact) mass is 348 g/mol. The third-order valence-corrected chi connectivity index (χ3v) is 4.54. The third-order valence-electron chi connectivity index (χ3n) is 4.30. The molecule has 2 amide bonds. The molecule has 1 aliphatic heterocycles. The lowest BCUT2D eigenvalue weighted by molar-refractivity contribution is 0.237. The molecule has 128 valence electrons. The van der Waals surface area contributed by atoms with Gasteiger partial charge in [0.25, 0.3) is 0 Å². The number of rotatable bonds is 4. The fraction of sp³-hybridized carbons (Fsp3) is 0.412. The van der Waals surface area contributed by atoms with E-state index in [4.69, 9.17) is 16.1 Å². The standard InChI is InChI=1S/C17H21ClN4O2/c1-11-16(12(2)24-21-11)9-19-17(23)20-14-6-7-22(10-14)15-5-3-4-13(18)8-15/h3-5,8,14H,6-7,9-10H2,1-2H3,(H2,19,20,23)/t14-/m1/s1. The summed E-state index contributed by atoms with van der Waals surface area (Å²) in [7, 11) is 0. The van der Waals surface area contributed by atoms with Crippen molar-refractivity contribution >= 4 is 23.3 Å². The zero-order chi connectivity index (χ0) is 17.1. The van der Waals surface area contributed by atoms with Crippen molar-refractivity contribution in [3.63, 3.8) is 0 Å². The lowest BCUT2D eigenvalue weighted by atomic mass is 10.2. The Labute approximate surface area is 146 Å². The first-order valence-electron chi connectivity index (χ1n) is 7.99. The molecule has 0 unspecified atom stereocenters. The van der Waals surface area contributed by atoms with Gasteiger partial charge in [-0.25, -0.2) is 4.79 Å². The zero-order valence-electron chi connectivity index (χ0n) is 13.8. The minimum absolute atomic E-state index is 0.119. The van der Waals surface area contributed by atoms with Gasteiger partial charge in [-0.15, -0.1) is 0 Å². The van der Waals surface area contributed by atoms with Gasteiger partial charge in [0.1, 0.15) is 5.76 Å². The quantitative estimate of drug-likeness (QED) is 0.891. The summed E-state index contributed by atoms with van der Waals surface area (Å²) in [5.41, 5.74) is 2.82. The number of hydrogen-bond donors (Lipinski definition) is 2. The smallest absolute Gasteiger partial charge is 0.315 e. The number of nitrogens with zero attached hydrogens (tertiary/aromatic N) is 2. The van der Waals surface area contributed by atoms with Gasteiger partial charge in [-0.05, 0) is 38.5 Å². The van der Waals surface area contributed by atoms with E-state index in [0.717, 1.165) is 47.2 Å². The molecule has 1 atom stereocenters. The van der Waals surface area contributed by atoms with Gasteiger partial charge in [-0.2, -0.15) is 0 Å². The van der Waals surface area contributed by atoms with Crippen LogP contribution in [0, 0.1) is 13.8 Å². The van der Waals surface area contributed by atoms with Crippen LogP contribution in [0.2, 0.25) is 5.02 Å². The van der Waals surface area contributed by atoms with Crippen molar-refractivity contribution in [1.82, 2.24) is 15.8 Å². The number of urea groups is 1. The van der Waals surface area contributed by atoms with Crippen LogP contribution in [-0.4, -0.2) is 30.3 Å². The van der Waals surface area contributed by atoms with Crippen molar-refractivity contribution in [2.45, 2.75) is 32.9 Å². The number of carbonyl (C=O) groups excluding carboxylic acids is 1. The highest BCUT2D eigenvalue weighted by Gasteiger charge is 2.24. The number of carbonyl (C=O) groups is 1. The molecule has 1 aliphatic rings. The predicted octanol–water partition coefficient (Wildman–Crippen LogP) is 3.02. The fourth-order valence-corrected chi connectivity index (χ4v) is 3.13. The SMILES string of the molecule is Cc1noc(C)c1CNC(=O)N[C@@H]1CCN(c2cccc(Cl)c2)C1. The number of hydrogen-bond acceptors (Lipinski definition) is 4. The molecule has 2 N–H and O–H groups in total. The third kappa shape index (κ3) is 3.82. The lowest BCUT2D eigenvalue weighted by Crippen LogP contribution is -2.43. The van der Waals surface area contributed by atoms with Crippen LogP contribution in [-0.2, 0) is 6.54 Å². The second-order valence-corrected chi connectivity index (χ2v) is 6.48. The first kappa shape index (κ1) is 16.6. The number of halogens is 1. The van der Waals surface area contributed by atoms with Crippen LogP contribution in [0.15, 0.2) is 28.8 Å². The van der Waals surface area contributed by atoms with Gasteiger partial charge in [-0.1, -0.05) is 22.8 Å². The highest BCUT2D eigenvalue weighted by Crippen LogP contribution is 2.23. The Kier molecular flexibility index (Phi) is 4.94. The van der Waals surface area contributed by atoms with E-state index in [1.807, 2.05) is 38.1 Å². The van der Waals surface area contributed by atoms with Gasteiger partial charge in [-0.3, -0.25) is 0 Å². The molecule has 6 nitrogen and oxygen atoms in total. The Morgan fingerprint density at radius 2 is 2.29 bits per heavy atom. The molecule has 0 radical (unpaired) electrons. The normalized spacial score (nSPS) is 17.1. The molecule has 2 heterocycles. The number of aromatic nitrogens is 1. The van der Waals surface area contributed by atoms with Crippen molar-refractivity contribution in [3.05, 3.63) is 46.3 Å². The highest BCUT2D eigenvalue weighted by atomic mass is 35.5. The molecule has 1 saturated heterocycles. The molecule has 1 aromatic carbocycles. The lowest BCUT2D eigenvalue weighted by Gasteiger charge is -2.19. The summed E-state index contributed by atoms with van der Waals surface area (Å²) >= 11 is 6.04. The van der Waals surface area contributed by atoms with Gasteiger partial charge in [0, 0.05) is 41.9 Å². The Bertz CT molecular complexity index is 712. The molecule has 0 saturated carbocycles. The van der Waals surface area contributed by atoms with E-state index in [0.29, 0.717) is 6.54 Å². The van der Waals surface area contributed by atoms with Crippen LogP contribution in [0.3, 0.4) is 0 Å². The van der Waals surface area contributed by atoms with Gasteiger partial charge in [0.05, 0.1) is 5.69 Å². The van der Waals surface area contributed by atoms with Crippen molar-refractivity contribution < 1.29 is 9.32 Å². The highest BCUT2D eigenvalue weighted by molar-refractivity contribution is 6.30. The number of anilines is 1. The molecule has 24 heavy (non-hydrogen) atoms. The Morgan fingerprint density at radius 3 is 3.00 bits per heavy atom. The average molecular weight is 349 g/mol. The maximum absolute atomic E-state index is 12.1. The minimum atomic E-state index is -0.173. The maximum atomic E-state index is 12.1. The number of nitrogens with one attached hydrogen (secondary N) is 2. The van der Waals surface area contributed by atoms with Crippen LogP contribution in [0.1, 0.15) is 23.4 Å². The van der Waals surface area contributed by atoms with Gasteiger partial charge < -0.3 is 20.1 Å². The van der Waals surface area contributed by atoms with E-state index >= 15 is 0 Å². The Hall–Kier alpha value is -2.21. The molecular formula is C17H21ClN4O2. The molecule has 2 aromatic rings. The molecule has 1 aromatic heterocycles. The van der Waals surface area contributed by atoms with Crippen LogP contribution in [0.5, 0.6) is 0 Å². The molecule has 0 bridgehead atoms. The Balaban J connectivity index is 1.49. The van der Waals surface area contributed by atoms with Crippen molar-refractivity contribution in [2.75, 3.05) is 18.0 Å². The average Bonchev–Trinajstić information content (AvgIpc) is 3.13. The summed E-state index contributed by atoms with van der Waals surface area (Å²) in [6, 6.07) is 7.72. The van der Waals surface area contributed by atoms with E-state index in [-0.39, 0.29) is 12.1 Å². The van der Waals surface area contributed by atoms with Crippen molar-refractivity contribution in [3.8, 4) is 0 Å². The summed E-state index contributed by atoms with van der Waals surface area (Å²) in [6.45, 7) is 5.80. The first-order chi connectivity index (χ1) is 11.5. The Morgan fingerprint density at radius 1 is 1.46 bits per heavy atom. The number of aryl methyl sites for hydroxylation is 2. The summed E-state index contributed by atoms with van der Waals surface area (Å²) in [5.74, 6) is 0.737. The second kappa shape index (κ2) is 7.13. The predicted molar refractivity (Wildman–Crippen MR) is 93.4 cm³/mol.